The molecule has 3 rings (SSSR count). The molecule has 1 aromatic carbocycles. The summed E-state index contributed by atoms with van der Waals surface area (Å²) in [6, 6.07) is 8.17. The van der Waals surface area contributed by atoms with Crippen molar-refractivity contribution in [3.05, 3.63) is 52.3 Å². The molecular formula is C20H26ClN3O. The maximum Gasteiger partial charge on any atom is 0.139 e. The number of nitrogens with zero attached hydrogens (tertiary/aromatic N) is 3. The minimum atomic E-state index is 0.660. The van der Waals surface area contributed by atoms with E-state index in [0.717, 1.165) is 50.6 Å². The summed E-state index contributed by atoms with van der Waals surface area (Å²) in [5, 5.41) is 0.660. The SMILES string of the molecule is COc1cc(N2CCN(CCc3ccnc(C)c3C)CC2)ccc1Cl. The highest BCUT2D eigenvalue weighted by Gasteiger charge is 2.18. The Morgan fingerprint density at radius 3 is 2.60 bits per heavy atom. The summed E-state index contributed by atoms with van der Waals surface area (Å²) in [6.07, 6.45) is 3.01. The van der Waals surface area contributed by atoms with Gasteiger partial charge in [0, 0.05) is 56.4 Å². The third-order valence-corrected chi connectivity index (χ3v) is 5.45. The molecule has 4 nitrogen and oxygen atoms in total. The van der Waals surface area contributed by atoms with Gasteiger partial charge in [0.15, 0.2) is 0 Å². The average molecular weight is 360 g/mol. The van der Waals surface area contributed by atoms with Gasteiger partial charge in [0.1, 0.15) is 5.75 Å². The number of anilines is 1. The fourth-order valence-corrected chi connectivity index (χ4v) is 3.51. The zero-order valence-corrected chi connectivity index (χ0v) is 16.0. The Kier molecular flexibility index (Phi) is 5.82. The number of aromatic nitrogens is 1. The number of benzene rings is 1. The number of pyridine rings is 1. The zero-order valence-electron chi connectivity index (χ0n) is 15.3. The molecule has 25 heavy (non-hydrogen) atoms. The highest BCUT2D eigenvalue weighted by Crippen LogP contribution is 2.29. The number of piperazine rings is 1. The van der Waals surface area contributed by atoms with Crippen LogP contribution in [0.2, 0.25) is 5.02 Å². The van der Waals surface area contributed by atoms with Crippen molar-refractivity contribution in [1.29, 1.82) is 0 Å². The van der Waals surface area contributed by atoms with E-state index in [4.69, 9.17) is 16.3 Å². The number of hydrogen-bond donors (Lipinski definition) is 0. The highest BCUT2D eigenvalue weighted by molar-refractivity contribution is 6.32. The first-order valence-electron chi connectivity index (χ1n) is 8.80. The predicted octanol–water partition coefficient (Wildman–Crippen LogP) is 3.73. The summed E-state index contributed by atoms with van der Waals surface area (Å²) < 4.78 is 5.33. The minimum absolute atomic E-state index is 0.660. The minimum Gasteiger partial charge on any atom is -0.495 e. The van der Waals surface area contributed by atoms with Crippen LogP contribution >= 0.6 is 11.6 Å². The monoisotopic (exact) mass is 359 g/mol. The molecule has 2 aromatic rings. The average Bonchev–Trinajstić information content (AvgIpc) is 2.64. The smallest absolute Gasteiger partial charge is 0.139 e. The lowest BCUT2D eigenvalue weighted by atomic mass is 10.1. The van der Waals surface area contributed by atoms with Crippen LogP contribution < -0.4 is 9.64 Å². The molecule has 1 aromatic heterocycles. The van der Waals surface area contributed by atoms with Crippen molar-refractivity contribution in [3.63, 3.8) is 0 Å². The van der Waals surface area contributed by atoms with E-state index in [0.29, 0.717) is 5.02 Å². The second-order valence-electron chi connectivity index (χ2n) is 6.58. The Morgan fingerprint density at radius 2 is 1.88 bits per heavy atom. The van der Waals surface area contributed by atoms with Crippen molar-refractivity contribution in [1.82, 2.24) is 9.88 Å². The van der Waals surface area contributed by atoms with Gasteiger partial charge < -0.3 is 9.64 Å². The Morgan fingerprint density at radius 1 is 1.12 bits per heavy atom. The molecule has 2 heterocycles. The lowest BCUT2D eigenvalue weighted by Crippen LogP contribution is -2.47. The quantitative estimate of drug-likeness (QED) is 0.813. The Bertz CT molecular complexity index is 727. The van der Waals surface area contributed by atoms with Gasteiger partial charge in [-0.2, -0.15) is 0 Å². The summed E-state index contributed by atoms with van der Waals surface area (Å²) in [6.45, 7) is 9.56. The van der Waals surface area contributed by atoms with E-state index in [1.54, 1.807) is 7.11 Å². The van der Waals surface area contributed by atoms with Crippen molar-refractivity contribution >= 4 is 17.3 Å². The first kappa shape index (κ1) is 18.0. The van der Waals surface area contributed by atoms with Gasteiger partial charge >= 0.3 is 0 Å². The second-order valence-corrected chi connectivity index (χ2v) is 6.99. The molecule has 1 fully saturated rings. The lowest BCUT2D eigenvalue weighted by molar-refractivity contribution is 0.261. The first-order valence-corrected chi connectivity index (χ1v) is 9.18. The Balaban J connectivity index is 1.54. The third-order valence-electron chi connectivity index (χ3n) is 5.14. The summed E-state index contributed by atoms with van der Waals surface area (Å²) >= 11 is 6.13. The van der Waals surface area contributed by atoms with Crippen LogP contribution in [0.25, 0.3) is 0 Å². The molecule has 0 spiro atoms. The van der Waals surface area contributed by atoms with Crippen molar-refractivity contribution in [2.24, 2.45) is 0 Å². The molecule has 1 aliphatic rings. The molecule has 0 unspecified atom stereocenters. The number of aryl methyl sites for hydroxylation is 1. The third kappa shape index (κ3) is 4.25. The van der Waals surface area contributed by atoms with Crippen LogP contribution in [-0.4, -0.2) is 49.7 Å². The highest BCUT2D eigenvalue weighted by atomic mass is 35.5. The topological polar surface area (TPSA) is 28.6 Å². The molecule has 0 amide bonds. The number of halogens is 1. The molecular weight excluding hydrogens is 334 g/mol. The standard InChI is InChI=1S/C20H26ClN3O/c1-15-16(2)22-8-6-17(15)7-9-23-10-12-24(13-11-23)18-4-5-19(21)20(14-18)25-3/h4-6,8,14H,7,9-13H2,1-3H3. The molecule has 0 bridgehead atoms. The Hall–Kier alpha value is -1.78. The Labute approximate surface area is 155 Å². The van der Waals surface area contributed by atoms with Crippen LogP contribution in [0.5, 0.6) is 5.75 Å². The van der Waals surface area contributed by atoms with Crippen LogP contribution in [0.3, 0.4) is 0 Å². The van der Waals surface area contributed by atoms with Gasteiger partial charge in [-0.3, -0.25) is 9.88 Å². The van der Waals surface area contributed by atoms with E-state index < -0.39 is 0 Å². The van der Waals surface area contributed by atoms with E-state index in [1.807, 2.05) is 18.3 Å². The van der Waals surface area contributed by atoms with Crippen molar-refractivity contribution < 1.29 is 4.74 Å². The van der Waals surface area contributed by atoms with E-state index in [1.165, 1.54) is 16.8 Å². The summed E-state index contributed by atoms with van der Waals surface area (Å²) in [4.78, 5) is 9.30. The maximum atomic E-state index is 6.13. The predicted molar refractivity (Wildman–Crippen MR) is 104 cm³/mol. The van der Waals surface area contributed by atoms with E-state index in [-0.39, 0.29) is 0 Å². The van der Waals surface area contributed by atoms with Crippen LogP contribution in [0, 0.1) is 13.8 Å². The van der Waals surface area contributed by atoms with Crippen molar-refractivity contribution in [2.45, 2.75) is 20.3 Å². The molecule has 5 heteroatoms. The van der Waals surface area contributed by atoms with Gasteiger partial charge in [-0.05, 0) is 49.6 Å². The number of methoxy groups -OCH3 is 1. The fourth-order valence-electron chi connectivity index (χ4n) is 3.32. The molecule has 0 aliphatic carbocycles. The molecule has 134 valence electrons. The van der Waals surface area contributed by atoms with Gasteiger partial charge in [0.2, 0.25) is 0 Å². The van der Waals surface area contributed by atoms with Crippen LogP contribution in [0.15, 0.2) is 30.5 Å². The van der Waals surface area contributed by atoms with Crippen LogP contribution in [0.4, 0.5) is 5.69 Å². The summed E-state index contributed by atoms with van der Waals surface area (Å²) in [5.41, 5.74) is 5.06. The number of hydrogen-bond acceptors (Lipinski definition) is 4. The van der Waals surface area contributed by atoms with Crippen molar-refractivity contribution in [3.8, 4) is 5.75 Å². The number of rotatable bonds is 5. The van der Waals surface area contributed by atoms with Gasteiger partial charge in [-0.1, -0.05) is 11.6 Å². The van der Waals surface area contributed by atoms with Gasteiger partial charge in [-0.15, -0.1) is 0 Å². The maximum absolute atomic E-state index is 6.13. The van der Waals surface area contributed by atoms with Gasteiger partial charge in [0.25, 0.3) is 0 Å². The largest absolute Gasteiger partial charge is 0.495 e. The van der Waals surface area contributed by atoms with Crippen LogP contribution in [0.1, 0.15) is 16.8 Å². The fraction of sp³-hybridized carbons (Fsp3) is 0.450. The molecule has 0 N–H and O–H groups in total. The molecule has 1 aliphatic heterocycles. The van der Waals surface area contributed by atoms with E-state index in [9.17, 15) is 0 Å². The zero-order chi connectivity index (χ0) is 17.8. The van der Waals surface area contributed by atoms with Gasteiger partial charge in [-0.25, -0.2) is 0 Å². The second kappa shape index (κ2) is 8.07. The summed E-state index contributed by atoms with van der Waals surface area (Å²) in [7, 11) is 1.66. The molecule has 0 radical (unpaired) electrons. The molecule has 0 atom stereocenters. The van der Waals surface area contributed by atoms with E-state index in [2.05, 4.69) is 40.8 Å². The van der Waals surface area contributed by atoms with Crippen molar-refractivity contribution in [2.75, 3.05) is 44.7 Å². The lowest BCUT2D eigenvalue weighted by Gasteiger charge is -2.36. The molecule has 0 saturated carbocycles. The van der Waals surface area contributed by atoms with Gasteiger partial charge in [0.05, 0.1) is 12.1 Å². The van der Waals surface area contributed by atoms with E-state index >= 15 is 0 Å². The normalized spacial score (nSPS) is 15.4. The van der Waals surface area contributed by atoms with Crippen LogP contribution in [-0.2, 0) is 6.42 Å². The summed E-state index contributed by atoms with van der Waals surface area (Å²) in [5.74, 6) is 0.741. The molecule has 1 saturated heterocycles. The first-order chi connectivity index (χ1) is 12.1. The number of ether oxygens (including phenoxy) is 1.